The van der Waals surface area contributed by atoms with E-state index in [1.807, 2.05) is 0 Å². The maximum atomic E-state index is 13.5. The van der Waals surface area contributed by atoms with E-state index in [-0.39, 0.29) is 17.6 Å². The normalized spacial score (nSPS) is 14.8. The third kappa shape index (κ3) is 4.56. The molecule has 5 heteroatoms. The van der Waals surface area contributed by atoms with Crippen molar-refractivity contribution in [3.05, 3.63) is 35.1 Å². The Balaban J connectivity index is 1.80. The molecule has 0 bridgehead atoms. The van der Waals surface area contributed by atoms with Crippen LogP contribution in [0.4, 0.5) is 4.39 Å². The van der Waals surface area contributed by atoms with Gasteiger partial charge in [-0.25, -0.2) is 4.39 Å². The predicted octanol–water partition coefficient (Wildman–Crippen LogP) is 2.13. The molecule has 0 atom stereocenters. The van der Waals surface area contributed by atoms with E-state index in [4.69, 9.17) is 0 Å². The van der Waals surface area contributed by atoms with Crippen LogP contribution in [0.1, 0.15) is 35.7 Å². The van der Waals surface area contributed by atoms with Gasteiger partial charge in [-0.15, -0.1) is 0 Å². The Morgan fingerprint density at radius 3 is 2.65 bits per heavy atom. The largest absolute Gasteiger partial charge is 0.352 e. The van der Waals surface area contributed by atoms with E-state index in [0.717, 1.165) is 12.8 Å². The molecule has 1 aromatic rings. The van der Waals surface area contributed by atoms with Crippen molar-refractivity contribution in [1.29, 1.82) is 0 Å². The molecule has 2 amide bonds. The Hall–Kier alpha value is -2.35. The van der Waals surface area contributed by atoms with Crippen LogP contribution in [-0.4, -0.2) is 36.3 Å². The molecule has 1 N–H and O–H groups in total. The molecular formula is C18H21FN2O2. The fourth-order valence-corrected chi connectivity index (χ4v) is 2.60. The molecule has 2 rings (SSSR count). The summed E-state index contributed by atoms with van der Waals surface area (Å²) in [6, 6.07) is 4.48. The van der Waals surface area contributed by atoms with Crippen molar-refractivity contribution >= 4 is 11.8 Å². The first-order valence-electron chi connectivity index (χ1n) is 7.77. The molecule has 0 aliphatic carbocycles. The summed E-state index contributed by atoms with van der Waals surface area (Å²) in [6.07, 6.45) is 1.67. The zero-order valence-corrected chi connectivity index (χ0v) is 13.5. The van der Waals surface area contributed by atoms with Gasteiger partial charge in [-0.2, -0.15) is 0 Å². The van der Waals surface area contributed by atoms with Crippen LogP contribution < -0.4 is 5.32 Å². The van der Waals surface area contributed by atoms with Crippen molar-refractivity contribution in [2.45, 2.75) is 26.7 Å². The fourth-order valence-electron chi connectivity index (χ4n) is 2.60. The highest BCUT2D eigenvalue weighted by Gasteiger charge is 2.22. The molecule has 23 heavy (non-hydrogen) atoms. The van der Waals surface area contributed by atoms with Gasteiger partial charge in [-0.1, -0.05) is 12.0 Å². The lowest BCUT2D eigenvalue weighted by Crippen LogP contribution is -2.41. The minimum Gasteiger partial charge on any atom is -0.352 e. The number of aryl methyl sites for hydroxylation is 1. The average molecular weight is 316 g/mol. The van der Waals surface area contributed by atoms with Crippen molar-refractivity contribution in [1.82, 2.24) is 10.2 Å². The van der Waals surface area contributed by atoms with E-state index < -0.39 is 0 Å². The number of hydrogen-bond donors (Lipinski definition) is 1. The van der Waals surface area contributed by atoms with Gasteiger partial charge in [-0.3, -0.25) is 9.59 Å². The maximum absolute atomic E-state index is 13.5. The van der Waals surface area contributed by atoms with E-state index in [2.05, 4.69) is 17.2 Å². The lowest BCUT2D eigenvalue weighted by molar-refractivity contribution is -0.126. The molecule has 0 radical (unpaired) electrons. The average Bonchev–Trinajstić information content (AvgIpc) is 2.56. The van der Waals surface area contributed by atoms with Gasteiger partial charge in [0.15, 0.2) is 0 Å². The highest BCUT2D eigenvalue weighted by atomic mass is 19.1. The lowest BCUT2D eigenvalue weighted by Gasteiger charge is -2.30. The number of nitrogens with one attached hydrogen (secondary N) is 1. The van der Waals surface area contributed by atoms with E-state index in [0.29, 0.717) is 36.7 Å². The number of halogens is 1. The lowest BCUT2D eigenvalue weighted by atomic mass is 9.96. The van der Waals surface area contributed by atoms with Crippen LogP contribution in [0.5, 0.6) is 0 Å². The second-order valence-corrected chi connectivity index (χ2v) is 5.78. The third-order valence-corrected chi connectivity index (χ3v) is 4.12. The van der Waals surface area contributed by atoms with Gasteiger partial charge in [0.05, 0.1) is 0 Å². The zero-order chi connectivity index (χ0) is 16.8. The highest BCUT2D eigenvalue weighted by molar-refractivity contribution is 5.94. The predicted molar refractivity (Wildman–Crippen MR) is 86.2 cm³/mol. The van der Waals surface area contributed by atoms with Crippen LogP contribution in [0.15, 0.2) is 18.2 Å². The second kappa shape index (κ2) is 7.77. The summed E-state index contributed by atoms with van der Waals surface area (Å²) in [5, 5.41) is 2.85. The SMILES string of the molecule is CC#CC(=O)N1CCC(CNC(=O)c2ccc(C)c(F)c2)CC1. The molecule has 0 saturated carbocycles. The summed E-state index contributed by atoms with van der Waals surface area (Å²) in [7, 11) is 0. The zero-order valence-electron chi connectivity index (χ0n) is 13.5. The van der Waals surface area contributed by atoms with Crippen LogP contribution in [0, 0.1) is 30.5 Å². The van der Waals surface area contributed by atoms with E-state index in [9.17, 15) is 14.0 Å². The number of rotatable bonds is 3. The van der Waals surface area contributed by atoms with Crippen molar-refractivity contribution in [2.24, 2.45) is 5.92 Å². The first kappa shape index (κ1) is 17.0. The molecule has 122 valence electrons. The van der Waals surface area contributed by atoms with Crippen LogP contribution in [-0.2, 0) is 4.79 Å². The Morgan fingerprint density at radius 1 is 1.35 bits per heavy atom. The Labute approximate surface area is 136 Å². The van der Waals surface area contributed by atoms with Gasteiger partial charge in [0.2, 0.25) is 0 Å². The van der Waals surface area contributed by atoms with E-state index in [1.54, 1.807) is 30.9 Å². The summed E-state index contributed by atoms with van der Waals surface area (Å²) >= 11 is 0. The topological polar surface area (TPSA) is 49.4 Å². The van der Waals surface area contributed by atoms with Gasteiger partial charge < -0.3 is 10.2 Å². The van der Waals surface area contributed by atoms with Gasteiger partial charge >= 0.3 is 0 Å². The van der Waals surface area contributed by atoms with Crippen molar-refractivity contribution < 1.29 is 14.0 Å². The number of likely N-dealkylation sites (tertiary alicyclic amines) is 1. The van der Waals surface area contributed by atoms with Gasteiger partial charge in [0.25, 0.3) is 11.8 Å². The van der Waals surface area contributed by atoms with Crippen LogP contribution in [0.25, 0.3) is 0 Å². The summed E-state index contributed by atoms with van der Waals surface area (Å²) in [4.78, 5) is 25.5. The standard InChI is InChI=1S/C18H21FN2O2/c1-3-4-17(22)21-9-7-14(8-10-21)12-20-18(23)15-6-5-13(2)16(19)11-15/h5-6,11,14H,7-10,12H2,1-2H3,(H,20,23). The number of hydrogen-bond acceptors (Lipinski definition) is 2. The monoisotopic (exact) mass is 316 g/mol. The van der Waals surface area contributed by atoms with Gasteiger partial charge in [0, 0.05) is 25.2 Å². The van der Waals surface area contributed by atoms with Crippen LogP contribution in [0.3, 0.4) is 0 Å². The first-order valence-corrected chi connectivity index (χ1v) is 7.77. The number of carbonyl (C=O) groups is 2. The molecule has 1 aliphatic rings. The van der Waals surface area contributed by atoms with E-state index in [1.165, 1.54) is 6.07 Å². The molecule has 1 aromatic carbocycles. The summed E-state index contributed by atoms with van der Waals surface area (Å²) < 4.78 is 13.5. The Kier molecular flexibility index (Phi) is 5.75. The number of carbonyl (C=O) groups excluding carboxylic acids is 2. The summed E-state index contributed by atoms with van der Waals surface area (Å²) in [6.45, 7) is 5.17. The molecule has 0 unspecified atom stereocenters. The van der Waals surface area contributed by atoms with Gasteiger partial charge in [0.1, 0.15) is 5.82 Å². The van der Waals surface area contributed by atoms with Crippen molar-refractivity contribution in [2.75, 3.05) is 19.6 Å². The Morgan fingerprint density at radius 2 is 2.04 bits per heavy atom. The Bertz CT molecular complexity index is 653. The minimum absolute atomic E-state index is 0.134. The van der Waals surface area contributed by atoms with Crippen molar-refractivity contribution in [3.63, 3.8) is 0 Å². The maximum Gasteiger partial charge on any atom is 0.298 e. The number of amides is 2. The van der Waals surface area contributed by atoms with Gasteiger partial charge in [-0.05, 0) is 56.2 Å². The highest BCUT2D eigenvalue weighted by Crippen LogP contribution is 2.17. The number of piperidine rings is 1. The molecule has 4 nitrogen and oxygen atoms in total. The quantitative estimate of drug-likeness (QED) is 0.869. The fraction of sp³-hybridized carbons (Fsp3) is 0.444. The molecular weight excluding hydrogens is 295 g/mol. The molecule has 1 heterocycles. The third-order valence-electron chi connectivity index (χ3n) is 4.12. The van der Waals surface area contributed by atoms with Crippen LogP contribution >= 0.6 is 0 Å². The first-order chi connectivity index (χ1) is 11.0. The number of nitrogens with zero attached hydrogens (tertiary/aromatic N) is 1. The molecule has 0 spiro atoms. The molecule has 0 aromatic heterocycles. The van der Waals surface area contributed by atoms with Crippen molar-refractivity contribution in [3.8, 4) is 11.8 Å². The molecule has 1 aliphatic heterocycles. The van der Waals surface area contributed by atoms with E-state index >= 15 is 0 Å². The summed E-state index contributed by atoms with van der Waals surface area (Å²) in [5.41, 5.74) is 0.854. The second-order valence-electron chi connectivity index (χ2n) is 5.78. The number of benzene rings is 1. The smallest absolute Gasteiger partial charge is 0.298 e. The molecule has 1 saturated heterocycles. The summed E-state index contributed by atoms with van der Waals surface area (Å²) in [5.74, 6) is 4.71. The molecule has 1 fully saturated rings. The van der Waals surface area contributed by atoms with Crippen LogP contribution in [0.2, 0.25) is 0 Å². The minimum atomic E-state index is -0.374.